The van der Waals surface area contributed by atoms with Crippen molar-refractivity contribution in [1.82, 2.24) is 9.21 Å². The van der Waals surface area contributed by atoms with Crippen LogP contribution in [0.1, 0.15) is 13.8 Å². The molecule has 0 amide bonds. The maximum absolute atomic E-state index is 12.6. The number of hydrogen-bond donors (Lipinski definition) is 0. The van der Waals surface area contributed by atoms with Gasteiger partial charge in [0.05, 0.1) is 4.90 Å². The van der Waals surface area contributed by atoms with Crippen LogP contribution in [0.3, 0.4) is 0 Å². The third-order valence-corrected chi connectivity index (χ3v) is 6.37. The Morgan fingerprint density at radius 3 is 2.21 bits per heavy atom. The van der Waals surface area contributed by atoms with Crippen molar-refractivity contribution in [2.45, 2.75) is 24.8 Å². The first-order valence-electron chi connectivity index (χ1n) is 6.41. The van der Waals surface area contributed by atoms with Gasteiger partial charge in [0.25, 0.3) is 0 Å². The van der Waals surface area contributed by atoms with Crippen molar-refractivity contribution < 1.29 is 8.42 Å². The van der Waals surface area contributed by atoms with Gasteiger partial charge in [-0.2, -0.15) is 4.31 Å². The van der Waals surface area contributed by atoms with E-state index in [9.17, 15) is 8.42 Å². The van der Waals surface area contributed by atoms with Crippen LogP contribution in [0.25, 0.3) is 0 Å². The molecule has 4 nitrogen and oxygen atoms in total. The van der Waals surface area contributed by atoms with Crippen molar-refractivity contribution in [1.29, 1.82) is 0 Å². The summed E-state index contributed by atoms with van der Waals surface area (Å²) in [6.45, 7) is 6.97. The van der Waals surface area contributed by atoms with E-state index in [-0.39, 0.29) is 0 Å². The Labute approximate surface area is 123 Å². The van der Waals surface area contributed by atoms with Gasteiger partial charge in [-0.3, -0.25) is 4.90 Å². The monoisotopic (exact) mass is 346 g/mol. The summed E-state index contributed by atoms with van der Waals surface area (Å²) >= 11 is 3.32. The number of nitrogens with zero attached hydrogens (tertiary/aromatic N) is 2. The highest BCUT2D eigenvalue weighted by atomic mass is 79.9. The Balaban J connectivity index is 2.17. The van der Waals surface area contributed by atoms with E-state index in [1.807, 2.05) is 6.07 Å². The zero-order valence-electron chi connectivity index (χ0n) is 11.2. The van der Waals surface area contributed by atoms with E-state index >= 15 is 0 Å². The second-order valence-corrected chi connectivity index (χ2v) is 7.72. The molecule has 1 aliphatic rings. The van der Waals surface area contributed by atoms with Crippen LogP contribution in [-0.2, 0) is 10.0 Å². The minimum atomic E-state index is -3.38. The van der Waals surface area contributed by atoms with Crippen LogP contribution in [0.4, 0.5) is 0 Å². The molecule has 0 aliphatic carbocycles. The highest BCUT2D eigenvalue weighted by Crippen LogP contribution is 2.25. The average Bonchev–Trinajstić information content (AvgIpc) is 2.39. The summed E-state index contributed by atoms with van der Waals surface area (Å²) in [6, 6.07) is 7.45. The molecule has 0 N–H and O–H groups in total. The quantitative estimate of drug-likeness (QED) is 0.841. The molecule has 0 spiro atoms. The first-order chi connectivity index (χ1) is 8.93. The largest absolute Gasteiger partial charge is 0.298 e. The molecule has 1 aliphatic heterocycles. The highest BCUT2D eigenvalue weighted by molar-refractivity contribution is 9.10. The Hall–Kier alpha value is -0.430. The molecule has 1 saturated heterocycles. The van der Waals surface area contributed by atoms with E-state index in [1.165, 1.54) is 0 Å². The molecular formula is C13H19BrN2O2S. The van der Waals surface area contributed by atoms with E-state index < -0.39 is 10.0 Å². The smallest absolute Gasteiger partial charge is 0.244 e. The summed E-state index contributed by atoms with van der Waals surface area (Å²) < 4.78 is 27.3. The van der Waals surface area contributed by atoms with Crippen LogP contribution in [0.2, 0.25) is 0 Å². The molecule has 1 fully saturated rings. The summed E-state index contributed by atoms with van der Waals surface area (Å²) in [5.74, 6) is 0. The van der Waals surface area contributed by atoms with Crippen LogP contribution < -0.4 is 0 Å². The standard InChI is InChI=1S/C13H19BrN2O2S/c1-11(2)15-7-9-16(10-8-15)19(17,18)13-6-4-3-5-12(13)14/h3-6,11H,7-10H2,1-2H3. The topological polar surface area (TPSA) is 40.6 Å². The Kier molecular flexibility index (Phi) is 4.66. The lowest BCUT2D eigenvalue weighted by atomic mass is 10.3. The van der Waals surface area contributed by atoms with Gasteiger partial charge in [0.2, 0.25) is 10.0 Å². The number of hydrogen-bond acceptors (Lipinski definition) is 3. The molecule has 0 bridgehead atoms. The maximum Gasteiger partial charge on any atom is 0.244 e. The van der Waals surface area contributed by atoms with Gasteiger partial charge in [0, 0.05) is 36.7 Å². The summed E-state index contributed by atoms with van der Waals surface area (Å²) in [7, 11) is -3.38. The molecule has 1 aromatic carbocycles. The van der Waals surface area contributed by atoms with Crippen LogP contribution in [0, 0.1) is 0 Å². The number of halogens is 1. The predicted octanol–water partition coefficient (Wildman–Crippen LogP) is 2.16. The third kappa shape index (κ3) is 3.18. The van der Waals surface area contributed by atoms with Crippen LogP contribution >= 0.6 is 15.9 Å². The van der Waals surface area contributed by atoms with Crippen molar-refractivity contribution in [2.75, 3.05) is 26.2 Å². The molecule has 0 atom stereocenters. The van der Waals surface area contributed by atoms with Gasteiger partial charge in [-0.15, -0.1) is 0 Å². The number of rotatable bonds is 3. The van der Waals surface area contributed by atoms with Crippen LogP contribution in [-0.4, -0.2) is 49.8 Å². The molecule has 2 rings (SSSR count). The van der Waals surface area contributed by atoms with Crippen molar-refractivity contribution >= 4 is 26.0 Å². The fourth-order valence-electron chi connectivity index (χ4n) is 2.25. The SMILES string of the molecule is CC(C)N1CCN(S(=O)(=O)c2ccccc2Br)CC1. The Bertz CT molecular complexity index is 537. The zero-order chi connectivity index (χ0) is 14.0. The Morgan fingerprint density at radius 2 is 1.68 bits per heavy atom. The van der Waals surface area contributed by atoms with E-state index in [2.05, 4.69) is 34.7 Å². The normalized spacial score (nSPS) is 18.9. The fourth-order valence-corrected chi connectivity index (χ4v) is 4.64. The third-order valence-electron chi connectivity index (χ3n) is 3.46. The lowest BCUT2D eigenvalue weighted by Crippen LogP contribution is -2.50. The molecule has 0 unspecified atom stereocenters. The van der Waals surface area contributed by atoms with Gasteiger partial charge in [0.15, 0.2) is 0 Å². The van der Waals surface area contributed by atoms with Gasteiger partial charge in [-0.05, 0) is 41.9 Å². The van der Waals surface area contributed by atoms with E-state index in [0.717, 1.165) is 13.1 Å². The van der Waals surface area contributed by atoms with Crippen molar-refractivity contribution in [2.24, 2.45) is 0 Å². The minimum absolute atomic E-state index is 0.355. The summed E-state index contributed by atoms with van der Waals surface area (Å²) in [5, 5.41) is 0. The lowest BCUT2D eigenvalue weighted by Gasteiger charge is -2.36. The lowest BCUT2D eigenvalue weighted by molar-refractivity contribution is 0.154. The van der Waals surface area contributed by atoms with Gasteiger partial charge >= 0.3 is 0 Å². The maximum atomic E-state index is 12.6. The first kappa shape index (κ1) is 15.0. The van der Waals surface area contributed by atoms with Gasteiger partial charge < -0.3 is 0 Å². The molecule has 106 valence electrons. The molecule has 6 heteroatoms. The van der Waals surface area contributed by atoms with E-state index in [1.54, 1.807) is 22.5 Å². The Morgan fingerprint density at radius 1 is 1.11 bits per heavy atom. The zero-order valence-corrected chi connectivity index (χ0v) is 13.6. The molecular weight excluding hydrogens is 328 g/mol. The molecule has 1 heterocycles. The average molecular weight is 347 g/mol. The summed E-state index contributed by atoms with van der Waals surface area (Å²) in [5.41, 5.74) is 0. The molecule has 1 aromatic rings. The second-order valence-electron chi connectivity index (χ2n) is 4.96. The fraction of sp³-hybridized carbons (Fsp3) is 0.538. The molecule has 0 aromatic heterocycles. The minimum Gasteiger partial charge on any atom is -0.298 e. The van der Waals surface area contributed by atoms with Crippen molar-refractivity contribution in [3.05, 3.63) is 28.7 Å². The summed E-state index contributed by atoms with van der Waals surface area (Å²) in [4.78, 5) is 2.65. The van der Waals surface area contributed by atoms with Crippen molar-refractivity contribution in [3.63, 3.8) is 0 Å². The number of benzene rings is 1. The van der Waals surface area contributed by atoms with Crippen molar-refractivity contribution in [3.8, 4) is 0 Å². The molecule has 19 heavy (non-hydrogen) atoms. The molecule has 0 saturated carbocycles. The van der Waals surface area contributed by atoms with Gasteiger partial charge in [0.1, 0.15) is 0 Å². The van der Waals surface area contributed by atoms with E-state index in [4.69, 9.17) is 0 Å². The predicted molar refractivity (Wildman–Crippen MR) is 79.6 cm³/mol. The first-order valence-corrected chi connectivity index (χ1v) is 8.65. The number of sulfonamides is 1. The highest BCUT2D eigenvalue weighted by Gasteiger charge is 2.30. The van der Waals surface area contributed by atoms with Crippen LogP contribution in [0.15, 0.2) is 33.6 Å². The second kappa shape index (κ2) is 5.91. The van der Waals surface area contributed by atoms with E-state index in [0.29, 0.717) is 28.5 Å². The van der Waals surface area contributed by atoms with Gasteiger partial charge in [-0.1, -0.05) is 12.1 Å². The van der Waals surface area contributed by atoms with Gasteiger partial charge in [-0.25, -0.2) is 8.42 Å². The van der Waals surface area contributed by atoms with Crippen LogP contribution in [0.5, 0.6) is 0 Å². The number of piperazine rings is 1. The molecule has 0 radical (unpaired) electrons. The summed E-state index contributed by atoms with van der Waals surface area (Å²) in [6.07, 6.45) is 0.